The van der Waals surface area contributed by atoms with Crippen molar-refractivity contribution >= 4 is 12.0 Å². The quantitative estimate of drug-likeness (QED) is 0.689. The zero-order valence-electron chi connectivity index (χ0n) is 12.4. The van der Waals surface area contributed by atoms with Crippen LogP contribution in [0.1, 0.15) is 46.0 Å². The molecule has 0 radical (unpaired) electrons. The molecule has 3 N–H and O–H groups in total. The number of carboxylic acid groups (broad SMARTS) is 1. The molecule has 0 aliphatic carbocycles. The number of amides is 2. The van der Waals surface area contributed by atoms with Gasteiger partial charge in [-0.25, -0.2) is 4.79 Å². The van der Waals surface area contributed by atoms with Gasteiger partial charge < -0.3 is 20.4 Å². The van der Waals surface area contributed by atoms with Crippen molar-refractivity contribution in [1.29, 1.82) is 0 Å². The molecule has 1 aliphatic rings. The SMILES string of the molecule is CCCC1CCN(C(=O)NCC(C)(O)CC(=O)O)CC1. The smallest absolute Gasteiger partial charge is 0.317 e. The number of carbonyl (C=O) groups is 2. The highest BCUT2D eigenvalue weighted by molar-refractivity contribution is 5.74. The highest BCUT2D eigenvalue weighted by atomic mass is 16.4. The molecule has 1 rings (SSSR count). The molecule has 0 saturated carbocycles. The van der Waals surface area contributed by atoms with Gasteiger partial charge in [0.05, 0.1) is 12.0 Å². The summed E-state index contributed by atoms with van der Waals surface area (Å²) in [7, 11) is 0. The molecule has 0 aromatic carbocycles. The molecule has 116 valence electrons. The maximum Gasteiger partial charge on any atom is 0.317 e. The van der Waals surface area contributed by atoms with Crippen molar-refractivity contribution in [3.8, 4) is 0 Å². The summed E-state index contributed by atoms with van der Waals surface area (Å²) in [6.07, 6.45) is 4.04. The molecule has 0 aromatic heterocycles. The molecule has 0 spiro atoms. The molecule has 0 bridgehead atoms. The Morgan fingerprint density at radius 2 is 1.95 bits per heavy atom. The predicted molar refractivity (Wildman–Crippen MR) is 75.5 cm³/mol. The van der Waals surface area contributed by atoms with Crippen molar-refractivity contribution in [3.63, 3.8) is 0 Å². The Morgan fingerprint density at radius 3 is 2.45 bits per heavy atom. The number of nitrogens with one attached hydrogen (secondary N) is 1. The normalized spacial score (nSPS) is 19.4. The average molecular weight is 286 g/mol. The Hall–Kier alpha value is -1.30. The number of hydrogen-bond donors (Lipinski definition) is 3. The van der Waals surface area contributed by atoms with Gasteiger partial charge in [0.25, 0.3) is 0 Å². The second-order valence-corrected chi connectivity index (χ2v) is 5.95. The van der Waals surface area contributed by atoms with Gasteiger partial charge in [0, 0.05) is 19.6 Å². The maximum atomic E-state index is 12.0. The third kappa shape index (κ3) is 5.77. The highest BCUT2D eigenvalue weighted by Crippen LogP contribution is 2.21. The van der Waals surface area contributed by atoms with E-state index < -0.39 is 11.6 Å². The second-order valence-electron chi connectivity index (χ2n) is 5.95. The topological polar surface area (TPSA) is 89.9 Å². The first kappa shape index (κ1) is 16.8. The molecule has 2 amide bonds. The minimum Gasteiger partial charge on any atom is -0.481 e. The van der Waals surface area contributed by atoms with Gasteiger partial charge in [0.15, 0.2) is 0 Å². The van der Waals surface area contributed by atoms with Gasteiger partial charge in [-0.2, -0.15) is 0 Å². The second kappa shape index (κ2) is 7.47. The Labute approximate surface area is 120 Å². The molecule has 1 fully saturated rings. The van der Waals surface area contributed by atoms with Gasteiger partial charge in [0.1, 0.15) is 0 Å². The Kier molecular flexibility index (Phi) is 6.26. The number of aliphatic carboxylic acids is 1. The number of urea groups is 1. The standard InChI is InChI=1S/C14H26N2O4/c1-3-4-11-5-7-16(8-6-11)13(19)15-10-14(2,20)9-12(17)18/h11,20H,3-10H2,1-2H3,(H,15,19)(H,17,18). The fraction of sp³-hybridized carbons (Fsp3) is 0.857. The van der Waals surface area contributed by atoms with Crippen molar-refractivity contribution in [2.75, 3.05) is 19.6 Å². The van der Waals surface area contributed by atoms with E-state index in [0.29, 0.717) is 5.92 Å². The Bertz CT molecular complexity index is 336. The molecule has 6 nitrogen and oxygen atoms in total. The van der Waals surface area contributed by atoms with E-state index in [4.69, 9.17) is 5.11 Å². The number of rotatable bonds is 6. The van der Waals surface area contributed by atoms with Crippen LogP contribution in [0, 0.1) is 5.92 Å². The summed E-state index contributed by atoms with van der Waals surface area (Å²) in [5, 5.41) is 21.1. The van der Waals surface area contributed by atoms with Crippen LogP contribution in [0.25, 0.3) is 0 Å². The summed E-state index contributed by atoms with van der Waals surface area (Å²) in [5.74, 6) is -0.371. The molecule has 20 heavy (non-hydrogen) atoms. The maximum absolute atomic E-state index is 12.0. The first-order chi connectivity index (χ1) is 9.34. The molecule has 1 atom stereocenters. The summed E-state index contributed by atoms with van der Waals surface area (Å²) in [4.78, 5) is 24.3. The van der Waals surface area contributed by atoms with Crippen molar-refractivity contribution in [2.45, 2.75) is 51.6 Å². The van der Waals surface area contributed by atoms with Crippen LogP contribution in [0.2, 0.25) is 0 Å². The average Bonchev–Trinajstić information content (AvgIpc) is 2.36. The number of carbonyl (C=O) groups excluding carboxylic acids is 1. The van der Waals surface area contributed by atoms with Crippen molar-refractivity contribution in [3.05, 3.63) is 0 Å². The fourth-order valence-electron chi connectivity index (χ4n) is 2.60. The molecule has 1 aliphatic heterocycles. The van der Waals surface area contributed by atoms with Crippen LogP contribution in [0.4, 0.5) is 4.79 Å². The molecular formula is C14H26N2O4. The third-order valence-electron chi connectivity index (χ3n) is 3.75. The van der Waals surface area contributed by atoms with E-state index in [9.17, 15) is 14.7 Å². The Morgan fingerprint density at radius 1 is 1.35 bits per heavy atom. The van der Waals surface area contributed by atoms with Gasteiger partial charge in [0.2, 0.25) is 0 Å². The third-order valence-corrected chi connectivity index (χ3v) is 3.75. The lowest BCUT2D eigenvalue weighted by molar-refractivity contribution is -0.141. The first-order valence-electron chi connectivity index (χ1n) is 7.31. The summed E-state index contributed by atoms with van der Waals surface area (Å²) < 4.78 is 0. The van der Waals surface area contributed by atoms with Gasteiger partial charge >= 0.3 is 12.0 Å². The number of piperidine rings is 1. The molecule has 1 heterocycles. The van der Waals surface area contributed by atoms with Crippen LogP contribution >= 0.6 is 0 Å². The number of carboxylic acids is 1. The van der Waals surface area contributed by atoms with Crippen LogP contribution in [0.3, 0.4) is 0 Å². The van der Waals surface area contributed by atoms with E-state index in [-0.39, 0.29) is 19.0 Å². The molecule has 6 heteroatoms. The number of aliphatic hydroxyl groups is 1. The minimum atomic E-state index is -1.41. The number of nitrogens with zero attached hydrogens (tertiary/aromatic N) is 1. The number of likely N-dealkylation sites (tertiary alicyclic amines) is 1. The van der Waals surface area contributed by atoms with Crippen molar-refractivity contribution < 1.29 is 19.8 Å². The van der Waals surface area contributed by atoms with E-state index in [2.05, 4.69) is 12.2 Å². The van der Waals surface area contributed by atoms with Crippen molar-refractivity contribution in [2.24, 2.45) is 5.92 Å². The monoisotopic (exact) mass is 286 g/mol. The van der Waals surface area contributed by atoms with E-state index >= 15 is 0 Å². The van der Waals surface area contributed by atoms with E-state index in [1.54, 1.807) is 4.90 Å². The van der Waals surface area contributed by atoms with Gasteiger partial charge in [-0.1, -0.05) is 19.8 Å². The van der Waals surface area contributed by atoms with Gasteiger partial charge in [-0.05, 0) is 25.7 Å². The lowest BCUT2D eigenvalue weighted by atomic mass is 9.93. The first-order valence-corrected chi connectivity index (χ1v) is 7.31. The molecular weight excluding hydrogens is 260 g/mol. The Balaban J connectivity index is 2.32. The van der Waals surface area contributed by atoms with Crippen LogP contribution in [-0.2, 0) is 4.79 Å². The van der Waals surface area contributed by atoms with Crippen LogP contribution in [0.5, 0.6) is 0 Å². The lowest BCUT2D eigenvalue weighted by Gasteiger charge is -2.33. The molecule has 0 aromatic rings. The van der Waals surface area contributed by atoms with Crippen LogP contribution in [0.15, 0.2) is 0 Å². The summed E-state index contributed by atoms with van der Waals surface area (Å²) in [6, 6.07) is -0.217. The fourth-order valence-corrected chi connectivity index (χ4v) is 2.60. The van der Waals surface area contributed by atoms with E-state index in [1.807, 2.05) is 0 Å². The van der Waals surface area contributed by atoms with Gasteiger partial charge in [-0.3, -0.25) is 4.79 Å². The molecule has 1 saturated heterocycles. The highest BCUT2D eigenvalue weighted by Gasteiger charge is 2.27. The summed E-state index contributed by atoms with van der Waals surface area (Å²) in [5.41, 5.74) is -1.41. The van der Waals surface area contributed by atoms with E-state index in [1.165, 1.54) is 19.8 Å². The largest absolute Gasteiger partial charge is 0.481 e. The van der Waals surface area contributed by atoms with Crippen LogP contribution < -0.4 is 5.32 Å². The summed E-state index contributed by atoms with van der Waals surface area (Å²) in [6.45, 7) is 5.00. The minimum absolute atomic E-state index is 0.0486. The zero-order chi connectivity index (χ0) is 15.2. The lowest BCUT2D eigenvalue weighted by Crippen LogP contribution is -2.49. The predicted octanol–water partition coefficient (Wildman–Crippen LogP) is 1.43. The van der Waals surface area contributed by atoms with Gasteiger partial charge in [-0.15, -0.1) is 0 Å². The van der Waals surface area contributed by atoms with Crippen molar-refractivity contribution in [1.82, 2.24) is 10.2 Å². The molecule has 1 unspecified atom stereocenters. The number of hydrogen-bond acceptors (Lipinski definition) is 3. The van der Waals surface area contributed by atoms with Crippen LogP contribution in [-0.4, -0.2) is 52.3 Å². The zero-order valence-corrected chi connectivity index (χ0v) is 12.4. The van der Waals surface area contributed by atoms with E-state index in [0.717, 1.165) is 25.9 Å². The summed E-state index contributed by atoms with van der Waals surface area (Å²) >= 11 is 0.